The van der Waals surface area contributed by atoms with Crippen LogP contribution in [0, 0.1) is 6.92 Å². The lowest BCUT2D eigenvalue weighted by molar-refractivity contribution is 1.07. The number of para-hydroxylation sites is 1. The molecule has 0 aliphatic heterocycles. The van der Waals surface area contributed by atoms with Gasteiger partial charge in [0.2, 0.25) is 0 Å². The number of aryl methyl sites for hydroxylation is 1. The molecule has 6 rings (SSSR count). The van der Waals surface area contributed by atoms with Gasteiger partial charge < -0.3 is 9.80 Å². The molecular formula is C32H29N5. The van der Waals surface area contributed by atoms with E-state index in [2.05, 4.69) is 112 Å². The van der Waals surface area contributed by atoms with Crippen LogP contribution in [0.5, 0.6) is 0 Å². The van der Waals surface area contributed by atoms with Gasteiger partial charge in [-0.3, -0.25) is 4.57 Å². The molecule has 0 spiro atoms. The minimum Gasteiger partial charge on any atom is -0.378 e. The van der Waals surface area contributed by atoms with E-state index in [9.17, 15) is 0 Å². The van der Waals surface area contributed by atoms with Crippen molar-refractivity contribution in [2.45, 2.75) is 6.92 Å². The molecule has 3 aromatic carbocycles. The normalized spacial score (nSPS) is 11.2. The first kappa shape index (κ1) is 22.8. The summed E-state index contributed by atoms with van der Waals surface area (Å²) in [4.78, 5) is 13.5. The Kier molecular flexibility index (Phi) is 5.61. The van der Waals surface area contributed by atoms with Gasteiger partial charge in [0.05, 0.1) is 11.0 Å². The maximum absolute atomic E-state index is 4.72. The van der Waals surface area contributed by atoms with Gasteiger partial charge in [0, 0.05) is 61.8 Å². The van der Waals surface area contributed by atoms with Crippen molar-refractivity contribution in [3.05, 3.63) is 109 Å². The van der Waals surface area contributed by atoms with Crippen LogP contribution >= 0.6 is 0 Å². The van der Waals surface area contributed by atoms with Crippen LogP contribution < -0.4 is 9.80 Å². The molecule has 0 fully saturated rings. The predicted octanol–water partition coefficient (Wildman–Crippen LogP) is 7.38. The Morgan fingerprint density at radius 2 is 1.41 bits per heavy atom. The summed E-state index contributed by atoms with van der Waals surface area (Å²) < 4.78 is 2.27. The highest BCUT2D eigenvalue weighted by Crippen LogP contribution is 2.35. The molecule has 3 aromatic heterocycles. The molecule has 0 amide bonds. The number of hydrogen-bond acceptors (Lipinski definition) is 4. The van der Waals surface area contributed by atoms with Gasteiger partial charge in [-0.05, 0) is 66.1 Å². The SMILES string of the molecule is Cc1ccnc(-n2c3ccccc3c3ccc(-c4cccc(N(C)c5cc(N(C)C)ccn5)c4)cc32)c1. The smallest absolute Gasteiger partial charge is 0.137 e. The van der Waals surface area contributed by atoms with E-state index in [1.165, 1.54) is 16.3 Å². The summed E-state index contributed by atoms with van der Waals surface area (Å²) in [7, 11) is 6.15. The number of benzene rings is 3. The molecule has 0 saturated heterocycles. The molecule has 182 valence electrons. The van der Waals surface area contributed by atoms with Crippen molar-refractivity contribution in [2.75, 3.05) is 30.9 Å². The second-order valence-electron chi connectivity index (χ2n) is 9.65. The number of hydrogen-bond donors (Lipinski definition) is 0. The van der Waals surface area contributed by atoms with Crippen molar-refractivity contribution in [1.82, 2.24) is 14.5 Å². The van der Waals surface area contributed by atoms with Crippen LogP contribution in [0.2, 0.25) is 0 Å². The van der Waals surface area contributed by atoms with Crippen molar-refractivity contribution >= 4 is 39.0 Å². The van der Waals surface area contributed by atoms with Crippen LogP contribution in [-0.4, -0.2) is 35.7 Å². The molecule has 5 nitrogen and oxygen atoms in total. The molecule has 0 radical (unpaired) electrons. The summed E-state index contributed by atoms with van der Waals surface area (Å²) in [5.74, 6) is 1.84. The van der Waals surface area contributed by atoms with Crippen LogP contribution in [0.15, 0.2) is 103 Å². The van der Waals surface area contributed by atoms with Crippen molar-refractivity contribution in [3.8, 4) is 16.9 Å². The van der Waals surface area contributed by atoms with E-state index in [0.29, 0.717) is 0 Å². The summed E-state index contributed by atoms with van der Waals surface area (Å²) in [6.07, 6.45) is 3.74. The fraction of sp³-hybridized carbons (Fsp3) is 0.125. The third-order valence-corrected chi connectivity index (χ3v) is 6.96. The van der Waals surface area contributed by atoms with E-state index in [1.54, 1.807) is 0 Å². The number of anilines is 3. The molecular weight excluding hydrogens is 454 g/mol. The van der Waals surface area contributed by atoms with Crippen LogP contribution in [0.25, 0.3) is 38.8 Å². The highest BCUT2D eigenvalue weighted by molar-refractivity contribution is 6.10. The number of nitrogens with zero attached hydrogens (tertiary/aromatic N) is 5. The zero-order chi connectivity index (χ0) is 25.5. The minimum absolute atomic E-state index is 0.907. The van der Waals surface area contributed by atoms with Gasteiger partial charge in [-0.15, -0.1) is 0 Å². The van der Waals surface area contributed by atoms with Gasteiger partial charge in [0.1, 0.15) is 11.6 Å². The molecule has 0 N–H and O–H groups in total. The zero-order valence-electron chi connectivity index (χ0n) is 21.6. The summed E-state index contributed by atoms with van der Waals surface area (Å²) in [5, 5.41) is 2.45. The topological polar surface area (TPSA) is 37.2 Å². The predicted molar refractivity (Wildman–Crippen MR) is 155 cm³/mol. The van der Waals surface area contributed by atoms with E-state index in [1.807, 2.05) is 38.6 Å². The van der Waals surface area contributed by atoms with E-state index >= 15 is 0 Å². The summed E-state index contributed by atoms with van der Waals surface area (Å²) >= 11 is 0. The highest BCUT2D eigenvalue weighted by atomic mass is 15.2. The van der Waals surface area contributed by atoms with Crippen molar-refractivity contribution < 1.29 is 0 Å². The third kappa shape index (κ3) is 4.08. The quantitative estimate of drug-likeness (QED) is 0.256. The molecule has 0 saturated carbocycles. The lowest BCUT2D eigenvalue weighted by Crippen LogP contribution is -2.13. The van der Waals surface area contributed by atoms with Crippen LogP contribution in [0.4, 0.5) is 17.2 Å². The van der Waals surface area contributed by atoms with Crippen LogP contribution in [-0.2, 0) is 0 Å². The average molecular weight is 484 g/mol. The van der Waals surface area contributed by atoms with Gasteiger partial charge in [-0.2, -0.15) is 0 Å². The number of pyridine rings is 2. The second kappa shape index (κ2) is 9.10. The molecule has 0 aliphatic rings. The van der Waals surface area contributed by atoms with Gasteiger partial charge in [-0.25, -0.2) is 9.97 Å². The fourth-order valence-corrected chi connectivity index (χ4v) is 4.94. The molecule has 5 heteroatoms. The Labute approximate surface area is 217 Å². The molecule has 0 bridgehead atoms. The molecule has 0 atom stereocenters. The Bertz CT molecular complexity index is 1750. The number of fused-ring (bicyclic) bond motifs is 3. The first-order chi connectivity index (χ1) is 18.0. The standard InChI is InChI=1S/C32H29N5/c1-22-14-16-34-32(18-22)37-29-11-6-5-10-27(29)28-13-12-24(20-30(28)37)23-8-7-9-26(19-23)36(4)31-21-25(35(2)3)15-17-33-31/h5-21H,1-4H3. The largest absolute Gasteiger partial charge is 0.378 e. The maximum Gasteiger partial charge on any atom is 0.137 e. The average Bonchev–Trinajstić information content (AvgIpc) is 3.26. The Balaban J connectivity index is 1.47. The van der Waals surface area contributed by atoms with Crippen LogP contribution in [0.1, 0.15) is 5.56 Å². The first-order valence-electron chi connectivity index (χ1n) is 12.4. The Hall–Kier alpha value is -4.64. The third-order valence-electron chi connectivity index (χ3n) is 6.96. The Morgan fingerprint density at radius 3 is 2.24 bits per heavy atom. The van der Waals surface area contributed by atoms with E-state index < -0.39 is 0 Å². The second-order valence-corrected chi connectivity index (χ2v) is 9.65. The number of rotatable bonds is 5. The summed E-state index contributed by atoms with van der Waals surface area (Å²) in [6, 6.07) is 32.2. The van der Waals surface area contributed by atoms with Crippen molar-refractivity contribution in [3.63, 3.8) is 0 Å². The fourth-order valence-electron chi connectivity index (χ4n) is 4.94. The molecule has 0 unspecified atom stereocenters. The van der Waals surface area contributed by atoms with Gasteiger partial charge in [-0.1, -0.05) is 42.5 Å². The molecule has 0 aliphatic carbocycles. The van der Waals surface area contributed by atoms with Gasteiger partial charge >= 0.3 is 0 Å². The summed E-state index contributed by atoms with van der Waals surface area (Å²) in [5.41, 5.74) is 8.02. The van der Waals surface area contributed by atoms with Gasteiger partial charge in [0.15, 0.2) is 0 Å². The van der Waals surface area contributed by atoms with E-state index in [4.69, 9.17) is 4.98 Å². The van der Waals surface area contributed by atoms with Crippen LogP contribution in [0.3, 0.4) is 0 Å². The molecule has 37 heavy (non-hydrogen) atoms. The van der Waals surface area contributed by atoms with Crippen molar-refractivity contribution in [2.24, 2.45) is 0 Å². The van der Waals surface area contributed by atoms with E-state index in [0.717, 1.165) is 45.2 Å². The first-order valence-corrected chi connectivity index (χ1v) is 12.4. The van der Waals surface area contributed by atoms with Crippen molar-refractivity contribution in [1.29, 1.82) is 0 Å². The van der Waals surface area contributed by atoms with Gasteiger partial charge in [0.25, 0.3) is 0 Å². The maximum atomic E-state index is 4.72. The minimum atomic E-state index is 0.907. The summed E-state index contributed by atoms with van der Waals surface area (Å²) in [6.45, 7) is 2.11. The van der Waals surface area contributed by atoms with E-state index in [-0.39, 0.29) is 0 Å². The monoisotopic (exact) mass is 483 g/mol. The lowest BCUT2D eigenvalue weighted by Gasteiger charge is -2.21. The molecule has 6 aromatic rings. The highest BCUT2D eigenvalue weighted by Gasteiger charge is 2.15. The lowest BCUT2D eigenvalue weighted by atomic mass is 10.0. The zero-order valence-corrected chi connectivity index (χ0v) is 21.6. The molecule has 3 heterocycles. The number of aromatic nitrogens is 3. The Morgan fingerprint density at radius 1 is 0.622 bits per heavy atom.